The molecule has 164 valence electrons. The molecule has 3 rings (SSSR count). The number of benzene rings is 2. The number of anilines is 1. The number of imide groups is 1. The van der Waals surface area contributed by atoms with E-state index >= 15 is 0 Å². The van der Waals surface area contributed by atoms with E-state index in [-0.39, 0.29) is 17.5 Å². The van der Waals surface area contributed by atoms with Gasteiger partial charge in [-0.25, -0.2) is 0 Å². The second-order valence-corrected chi connectivity index (χ2v) is 7.15. The zero-order valence-corrected chi connectivity index (χ0v) is 18.4. The number of nitrogens with zero attached hydrogens (tertiary/aromatic N) is 1. The van der Waals surface area contributed by atoms with Gasteiger partial charge in [-0.2, -0.15) is 0 Å². The first kappa shape index (κ1) is 22.4. The van der Waals surface area contributed by atoms with Crippen LogP contribution in [0.4, 0.5) is 5.69 Å². The summed E-state index contributed by atoms with van der Waals surface area (Å²) >= 11 is 0. The summed E-state index contributed by atoms with van der Waals surface area (Å²) in [5.41, 5.74) is 2.94. The number of hydrogen-bond acceptors (Lipinski definition) is 6. The summed E-state index contributed by atoms with van der Waals surface area (Å²) in [7, 11) is 3.11. The number of carbonyl (C=O) groups is 2. The first-order chi connectivity index (χ1) is 15.0. The minimum atomic E-state index is -0.362. The Balaban J connectivity index is 1.98. The summed E-state index contributed by atoms with van der Waals surface area (Å²) in [6.45, 7) is 5.26. The Hall–Kier alpha value is -3.32. The molecule has 31 heavy (non-hydrogen) atoms. The van der Waals surface area contributed by atoms with Crippen LogP contribution in [0.2, 0.25) is 0 Å². The lowest BCUT2D eigenvalue weighted by Gasteiger charge is -2.15. The number of amides is 2. The minimum absolute atomic E-state index is 0.237. The lowest BCUT2D eigenvalue weighted by Crippen LogP contribution is -2.34. The second kappa shape index (κ2) is 10.1. The Bertz CT molecular complexity index is 960. The average molecular weight is 424 g/mol. The number of carbonyl (C=O) groups excluding carboxylic acids is 2. The van der Waals surface area contributed by atoms with E-state index < -0.39 is 0 Å². The number of hydrogen-bond donors (Lipinski definition) is 1. The first-order valence-corrected chi connectivity index (χ1v) is 10.2. The van der Waals surface area contributed by atoms with Crippen molar-refractivity contribution in [3.05, 3.63) is 59.3 Å². The normalized spacial score (nSPS) is 13.7. The van der Waals surface area contributed by atoms with Crippen molar-refractivity contribution >= 4 is 23.1 Å². The van der Waals surface area contributed by atoms with Crippen LogP contribution in [0.5, 0.6) is 11.5 Å². The molecule has 0 bridgehead atoms. The average Bonchev–Trinajstić information content (AvgIpc) is 3.01. The van der Waals surface area contributed by atoms with Gasteiger partial charge in [-0.3, -0.25) is 14.5 Å². The van der Waals surface area contributed by atoms with E-state index in [1.807, 2.05) is 38.1 Å². The van der Waals surface area contributed by atoms with Crippen molar-refractivity contribution in [3.63, 3.8) is 0 Å². The summed E-state index contributed by atoms with van der Waals surface area (Å²) in [6, 6.07) is 12.8. The Labute approximate surface area is 182 Å². The monoisotopic (exact) mass is 424 g/mol. The van der Waals surface area contributed by atoms with Gasteiger partial charge in [0, 0.05) is 43.6 Å². The molecule has 1 aliphatic rings. The fourth-order valence-corrected chi connectivity index (χ4v) is 3.38. The van der Waals surface area contributed by atoms with Gasteiger partial charge in [0.05, 0.1) is 19.8 Å². The van der Waals surface area contributed by atoms with Crippen LogP contribution in [0.15, 0.2) is 48.2 Å². The number of nitrogens with one attached hydrogen (secondary N) is 1. The molecule has 0 unspecified atom stereocenters. The van der Waals surface area contributed by atoms with E-state index in [1.165, 1.54) is 4.90 Å². The van der Waals surface area contributed by atoms with E-state index in [0.29, 0.717) is 54.5 Å². The molecule has 2 amide bonds. The Kier molecular flexibility index (Phi) is 7.31. The predicted octanol–water partition coefficient (Wildman–Crippen LogP) is 3.63. The molecule has 7 nitrogen and oxygen atoms in total. The van der Waals surface area contributed by atoms with Gasteiger partial charge in [-0.05, 0) is 25.8 Å². The van der Waals surface area contributed by atoms with Gasteiger partial charge in [-0.15, -0.1) is 0 Å². The third-order valence-corrected chi connectivity index (χ3v) is 5.00. The van der Waals surface area contributed by atoms with Crippen LogP contribution in [-0.4, -0.2) is 50.7 Å². The third kappa shape index (κ3) is 5.06. The maximum absolute atomic E-state index is 13.2. The van der Waals surface area contributed by atoms with E-state index in [0.717, 1.165) is 5.56 Å². The molecular weight excluding hydrogens is 396 g/mol. The van der Waals surface area contributed by atoms with Crippen molar-refractivity contribution < 1.29 is 23.8 Å². The SMILES string of the molecule is CCOCCCN1C(=O)C(Nc2cc(OC)cc(OC)c2)=C(c2ccc(C)cc2)C1=O. The fraction of sp³-hybridized carbons (Fsp3) is 0.333. The summed E-state index contributed by atoms with van der Waals surface area (Å²) < 4.78 is 16.0. The molecule has 0 aliphatic carbocycles. The van der Waals surface area contributed by atoms with Crippen molar-refractivity contribution in [2.45, 2.75) is 20.3 Å². The topological polar surface area (TPSA) is 77.1 Å². The Morgan fingerprint density at radius 3 is 2.16 bits per heavy atom. The molecule has 0 radical (unpaired) electrons. The van der Waals surface area contributed by atoms with Crippen LogP contribution in [0.1, 0.15) is 24.5 Å². The highest BCUT2D eigenvalue weighted by Gasteiger charge is 2.38. The molecule has 2 aromatic rings. The number of ether oxygens (including phenoxy) is 3. The molecular formula is C24H28N2O5. The largest absolute Gasteiger partial charge is 0.497 e. The van der Waals surface area contributed by atoms with E-state index in [4.69, 9.17) is 14.2 Å². The number of methoxy groups -OCH3 is 2. The number of rotatable bonds is 10. The zero-order valence-electron chi connectivity index (χ0n) is 18.4. The molecule has 2 aromatic carbocycles. The highest BCUT2D eigenvalue weighted by molar-refractivity contribution is 6.36. The van der Waals surface area contributed by atoms with Gasteiger partial charge in [0.15, 0.2) is 0 Å². The molecule has 0 saturated carbocycles. The Morgan fingerprint density at radius 1 is 0.935 bits per heavy atom. The van der Waals surface area contributed by atoms with Crippen LogP contribution in [0.3, 0.4) is 0 Å². The van der Waals surface area contributed by atoms with Crippen LogP contribution < -0.4 is 14.8 Å². The minimum Gasteiger partial charge on any atom is -0.497 e. The lowest BCUT2D eigenvalue weighted by molar-refractivity contribution is -0.137. The van der Waals surface area contributed by atoms with Crippen molar-refractivity contribution in [1.82, 2.24) is 4.90 Å². The summed E-state index contributed by atoms with van der Waals surface area (Å²) in [5, 5.41) is 3.14. The molecule has 0 spiro atoms. The molecule has 7 heteroatoms. The van der Waals surface area contributed by atoms with Gasteiger partial charge in [0.2, 0.25) is 0 Å². The predicted molar refractivity (Wildman–Crippen MR) is 119 cm³/mol. The lowest BCUT2D eigenvalue weighted by atomic mass is 10.0. The molecule has 0 fully saturated rings. The van der Waals surface area contributed by atoms with Gasteiger partial charge < -0.3 is 19.5 Å². The van der Waals surface area contributed by atoms with Crippen molar-refractivity contribution in [2.75, 3.05) is 39.3 Å². The standard InChI is InChI=1S/C24H28N2O5/c1-5-31-12-6-11-26-23(27)21(17-9-7-16(2)8-10-17)22(24(26)28)25-18-13-19(29-3)15-20(14-18)30-4/h7-10,13-15,25H,5-6,11-12H2,1-4H3. The first-order valence-electron chi connectivity index (χ1n) is 10.2. The molecule has 1 N–H and O–H groups in total. The van der Waals surface area contributed by atoms with Crippen molar-refractivity contribution in [2.24, 2.45) is 0 Å². The maximum Gasteiger partial charge on any atom is 0.278 e. The van der Waals surface area contributed by atoms with Gasteiger partial charge in [0.1, 0.15) is 17.2 Å². The van der Waals surface area contributed by atoms with E-state index in [9.17, 15) is 9.59 Å². The fourth-order valence-electron chi connectivity index (χ4n) is 3.38. The van der Waals surface area contributed by atoms with Crippen LogP contribution >= 0.6 is 0 Å². The van der Waals surface area contributed by atoms with Gasteiger partial charge >= 0.3 is 0 Å². The Morgan fingerprint density at radius 2 is 1.58 bits per heavy atom. The zero-order chi connectivity index (χ0) is 22.4. The van der Waals surface area contributed by atoms with Crippen LogP contribution in [0, 0.1) is 6.92 Å². The molecule has 1 aliphatic heterocycles. The second-order valence-electron chi connectivity index (χ2n) is 7.15. The highest BCUT2D eigenvalue weighted by Crippen LogP contribution is 2.33. The molecule has 0 aromatic heterocycles. The van der Waals surface area contributed by atoms with E-state index in [2.05, 4.69) is 5.32 Å². The number of aryl methyl sites for hydroxylation is 1. The summed E-state index contributed by atoms with van der Waals surface area (Å²) in [4.78, 5) is 27.7. The van der Waals surface area contributed by atoms with Crippen molar-refractivity contribution in [3.8, 4) is 11.5 Å². The summed E-state index contributed by atoms with van der Waals surface area (Å²) in [5.74, 6) is 0.468. The van der Waals surface area contributed by atoms with Crippen LogP contribution in [-0.2, 0) is 14.3 Å². The van der Waals surface area contributed by atoms with Gasteiger partial charge in [0.25, 0.3) is 11.8 Å². The smallest absolute Gasteiger partial charge is 0.278 e. The summed E-state index contributed by atoms with van der Waals surface area (Å²) in [6.07, 6.45) is 0.576. The van der Waals surface area contributed by atoms with Crippen molar-refractivity contribution in [1.29, 1.82) is 0 Å². The highest BCUT2D eigenvalue weighted by atomic mass is 16.5. The van der Waals surface area contributed by atoms with Crippen LogP contribution in [0.25, 0.3) is 5.57 Å². The molecule has 1 heterocycles. The van der Waals surface area contributed by atoms with Gasteiger partial charge in [-0.1, -0.05) is 29.8 Å². The molecule has 0 saturated heterocycles. The maximum atomic E-state index is 13.2. The third-order valence-electron chi connectivity index (χ3n) is 5.00. The molecule has 0 atom stereocenters. The quantitative estimate of drug-likeness (QED) is 0.464. The van der Waals surface area contributed by atoms with E-state index in [1.54, 1.807) is 32.4 Å².